The molecule has 0 spiro atoms. The zero-order valence-corrected chi connectivity index (χ0v) is 16.3. The number of aliphatic hydroxyl groups is 1. The van der Waals surface area contributed by atoms with Crippen molar-refractivity contribution in [2.75, 3.05) is 0 Å². The molecule has 0 aliphatic heterocycles. The van der Waals surface area contributed by atoms with Crippen molar-refractivity contribution in [1.82, 2.24) is 29.9 Å². The number of halogens is 2. The number of aromatic amines is 1. The van der Waals surface area contributed by atoms with Crippen LogP contribution in [0.1, 0.15) is 23.4 Å². The molecule has 1 atom stereocenters. The molecular weight excluding hydrogens is 419 g/mol. The lowest BCUT2D eigenvalue weighted by Crippen LogP contribution is -2.22. The molecule has 11 heteroatoms. The molecule has 0 saturated heterocycles. The van der Waals surface area contributed by atoms with Crippen molar-refractivity contribution in [3.63, 3.8) is 0 Å². The number of hydrogen-bond acceptors (Lipinski definition) is 7. The summed E-state index contributed by atoms with van der Waals surface area (Å²) in [6, 6.07) is 6.84. The van der Waals surface area contributed by atoms with Crippen LogP contribution in [0, 0.1) is 0 Å². The Bertz CT molecular complexity index is 1170. The first-order chi connectivity index (χ1) is 14.0. The minimum Gasteiger partial charge on any atom is -0.388 e. The lowest BCUT2D eigenvalue weighted by Gasteiger charge is -2.08. The Balaban J connectivity index is 1.48. The summed E-state index contributed by atoms with van der Waals surface area (Å²) in [7, 11) is 0. The number of nitrogens with zero attached hydrogens (tertiary/aromatic N) is 5. The molecule has 0 aliphatic carbocycles. The monoisotopic (exact) mass is 432 g/mol. The molecular formula is C18H14Cl2N6O3. The predicted molar refractivity (Wildman–Crippen MR) is 105 cm³/mol. The van der Waals surface area contributed by atoms with Crippen LogP contribution in [0.15, 0.2) is 52.3 Å². The van der Waals surface area contributed by atoms with Crippen LogP contribution >= 0.6 is 23.2 Å². The second-order valence-electron chi connectivity index (χ2n) is 6.20. The van der Waals surface area contributed by atoms with Crippen LogP contribution in [0.5, 0.6) is 0 Å². The molecule has 0 aliphatic rings. The van der Waals surface area contributed by atoms with E-state index >= 15 is 0 Å². The van der Waals surface area contributed by atoms with Gasteiger partial charge in [0.1, 0.15) is 11.6 Å². The van der Waals surface area contributed by atoms with E-state index in [1.54, 1.807) is 30.5 Å². The van der Waals surface area contributed by atoms with Crippen LogP contribution in [0.2, 0.25) is 10.0 Å². The summed E-state index contributed by atoms with van der Waals surface area (Å²) in [6.07, 6.45) is 3.80. The quantitative estimate of drug-likeness (QED) is 0.479. The van der Waals surface area contributed by atoms with Gasteiger partial charge in [-0.05, 0) is 17.7 Å². The molecule has 0 unspecified atom stereocenters. The van der Waals surface area contributed by atoms with Crippen LogP contribution < -0.4 is 5.56 Å². The smallest absolute Gasteiger partial charge is 0.273 e. The van der Waals surface area contributed by atoms with Gasteiger partial charge < -0.3 is 9.63 Å². The van der Waals surface area contributed by atoms with Gasteiger partial charge in [-0.2, -0.15) is 10.1 Å². The number of H-pyrrole nitrogens is 1. The van der Waals surface area contributed by atoms with Crippen LogP contribution in [-0.2, 0) is 13.0 Å². The molecule has 3 heterocycles. The van der Waals surface area contributed by atoms with E-state index in [0.29, 0.717) is 27.7 Å². The fourth-order valence-electron chi connectivity index (χ4n) is 2.72. The minimum absolute atomic E-state index is 0.00125. The summed E-state index contributed by atoms with van der Waals surface area (Å²) >= 11 is 12.0. The number of aromatic nitrogens is 6. The third-order valence-corrected chi connectivity index (χ3v) is 4.79. The van der Waals surface area contributed by atoms with Crippen molar-refractivity contribution in [3.8, 4) is 11.3 Å². The number of aliphatic hydroxyl groups excluding tert-OH is 1. The highest BCUT2D eigenvalue weighted by Crippen LogP contribution is 2.21. The van der Waals surface area contributed by atoms with Gasteiger partial charge in [-0.1, -0.05) is 40.5 Å². The Morgan fingerprint density at radius 3 is 2.76 bits per heavy atom. The van der Waals surface area contributed by atoms with Crippen molar-refractivity contribution >= 4 is 23.2 Å². The highest BCUT2D eigenvalue weighted by molar-refractivity contribution is 6.32. The standard InChI is InChI=1S/C18H14Cl2N6O3/c19-12-3-1-10(2-4-12)13(27)5-14-24-15(29-25-14)8-26-9-21-17(16(20)18(26)28)11-6-22-23-7-11/h1-4,6-7,9,13,27H,5,8H2,(H,22,23)/t13-/m0/s1. The normalized spacial score (nSPS) is 12.2. The van der Waals surface area contributed by atoms with Gasteiger partial charge in [0.15, 0.2) is 5.82 Å². The maximum atomic E-state index is 12.5. The summed E-state index contributed by atoms with van der Waals surface area (Å²) in [5.74, 6) is 0.504. The van der Waals surface area contributed by atoms with Gasteiger partial charge in [0.25, 0.3) is 5.56 Å². The molecule has 0 amide bonds. The van der Waals surface area contributed by atoms with E-state index in [2.05, 4.69) is 25.3 Å². The summed E-state index contributed by atoms with van der Waals surface area (Å²) in [6.45, 7) is 0.00125. The van der Waals surface area contributed by atoms with Gasteiger partial charge in [0.05, 0.1) is 24.3 Å². The van der Waals surface area contributed by atoms with E-state index < -0.39 is 11.7 Å². The Morgan fingerprint density at radius 2 is 2.03 bits per heavy atom. The molecule has 3 aromatic heterocycles. The van der Waals surface area contributed by atoms with Crippen molar-refractivity contribution in [3.05, 3.63) is 80.7 Å². The van der Waals surface area contributed by atoms with Gasteiger partial charge in [-0.25, -0.2) is 4.98 Å². The van der Waals surface area contributed by atoms with Crippen molar-refractivity contribution in [2.24, 2.45) is 0 Å². The van der Waals surface area contributed by atoms with Crippen molar-refractivity contribution < 1.29 is 9.63 Å². The number of benzene rings is 1. The summed E-state index contributed by atoms with van der Waals surface area (Å²) < 4.78 is 6.45. The highest BCUT2D eigenvalue weighted by atomic mass is 35.5. The fourth-order valence-corrected chi connectivity index (χ4v) is 3.11. The largest absolute Gasteiger partial charge is 0.388 e. The molecule has 29 heavy (non-hydrogen) atoms. The third-order valence-electron chi connectivity index (χ3n) is 4.20. The van der Waals surface area contributed by atoms with E-state index in [1.807, 2.05) is 0 Å². The zero-order chi connectivity index (χ0) is 20.4. The molecule has 4 aromatic rings. The number of hydrogen-bond donors (Lipinski definition) is 2. The summed E-state index contributed by atoms with van der Waals surface area (Å²) in [5, 5.41) is 21.2. The molecule has 0 fully saturated rings. The van der Waals surface area contributed by atoms with Crippen LogP contribution in [-0.4, -0.2) is 35.0 Å². The average molecular weight is 433 g/mol. The first-order valence-electron chi connectivity index (χ1n) is 8.50. The maximum Gasteiger partial charge on any atom is 0.273 e. The van der Waals surface area contributed by atoms with Crippen molar-refractivity contribution in [2.45, 2.75) is 19.1 Å². The average Bonchev–Trinajstić information content (AvgIpc) is 3.38. The molecule has 4 rings (SSSR count). The second kappa shape index (κ2) is 8.16. The van der Waals surface area contributed by atoms with Crippen LogP contribution in [0.25, 0.3) is 11.3 Å². The molecule has 1 aromatic carbocycles. The molecule has 9 nitrogen and oxygen atoms in total. The number of rotatable bonds is 6. The molecule has 0 saturated carbocycles. The van der Waals surface area contributed by atoms with E-state index in [4.69, 9.17) is 27.7 Å². The van der Waals surface area contributed by atoms with Gasteiger partial charge in [0, 0.05) is 23.2 Å². The van der Waals surface area contributed by atoms with Crippen molar-refractivity contribution in [1.29, 1.82) is 0 Å². The van der Waals surface area contributed by atoms with Gasteiger partial charge in [-0.3, -0.25) is 14.5 Å². The topological polar surface area (TPSA) is 123 Å². The Hall–Kier alpha value is -3.01. The van der Waals surface area contributed by atoms with E-state index in [0.717, 1.165) is 0 Å². The van der Waals surface area contributed by atoms with Gasteiger partial charge in [0.2, 0.25) is 5.89 Å². The van der Waals surface area contributed by atoms with Crippen LogP contribution in [0.3, 0.4) is 0 Å². The lowest BCUT2D eigenvalue weighted by molar-refractivity contribution is 0.174. The highest BCUT2D eigenvalue weighted by Gasteiger charge is 2.16. The lowest BCUT2D eigenvalue weighted by atomic mass is 10.1. The maximum absolute atomic E-state index is 12.5. The molecule has 2 N–H and O–H groups in total. The zero-order valence-electron chi connectivity index (χ0n) is 14.8. The minimum atomic E-state index is -0.814. The molecule has 148 valence electrons. The number of nitrogens with one attached hydrogen (secondary N) is 1. The Labute approximate surface area is 173 Å². The second-order valence-corrected chi connectivity index (χ2v) is 7.02. The van der Waals surface area contributed by atoms with E-state index in [-0.39, 0.29) is 23.9 Å². The Kier molecular flexibility index (Phi) is 5.43. The fraction of sp³-hybridized carbons (Fsp3) is 0.167. The third kappa shape index (κ3) is 4.21. The van der Waals surface area contributed by atoms with Crippen LogP contribution in [0.4, 0.5) is 0 Å². The molecule has 0 radical (unpaired) electrons. The summed E-state index contributed by atoms with van der Waals surface area (Å²) in [5.41, 5.74) is 1.18. The first-order valence-corrected chi connectivity index (χ1v) is 9.26. The summed E-state index contributed by atoms with van der Waals surface area (Å²) in [4.78, 5) is 20.9. The van der Waals surface area contributed by atoms with Gasteiger partial charge >= 0.3 is 0 Å². The Morgan fingerprint density at radius 1 is 1.24 bits per heavy atom. The van der Waals surface area contributed by atoms with E-state index in [9.17, 15) is 9.90 Å². The molecule has 0 bridgehead atoms. The van der Waals surface area contributed by atoms with Gasteiger partial charge in [-0.15, -0.1) is 0 Å². The van der Waals surface area contributed by atoms with E-state index in [1.165, 1.54) is 17.1 Å². The predicted octanol–water partition coefficient (Wildman–Crippen LogP) is 2.65. The first kappa shape index (κ1) is 19.3. The SMILES string of the molecule is O=c1c(Cl)c(-c2cn[nH]c2)ncn1Cc1nc(C[C@H](O)c2ccc(Cl)cc2)no1.